The van der Waals surface area contributed by atoms with Crippen LogP contribution in [-0.2, 0) is 6.42 Å². The van der Waals surface area contributed by atoms with Crippen molar-refractivity contribution in [3.8, 4) is 0 Å². The lowest BCUT2D eigenvalue weighted by atomic mass is 9.82. The van der Waals surface area contributed by atoms with Gasteiger partial charge in [-0.3, -0.25) is 4.99 Å². The van der Waals surface area contributed by atoms with Crippen LogP contribution < -0.4 is 10.6 Å². The first-order chi connectivity index (χ1) is 9.78. The highest BCUT2D eigenvalue weighted by Gasteiger charge is 2.18. The van der Waals surface area contributed by atoms with Crippen LogP contribution in [0.25, 0.3) is 0 Å². The topological polar surface area (TPSA) is 49.6 Å². The first-order valence-corrected chi connectivity index (χ1v) is 7.75. The standard InChI is InChI=1S/C16H27N3O/c1-13-5-3-6-14(11-13)12-19-16(17-2)18-9-8-15-7-4-10-20-15/h4,7,10,13-14H,3,5-6,8-9,11-12H2,1-2H3,(H2,17,18,19). The molecule has 4 heteroatoms. The van der Waals surface area contributed by atoms with Crippen molar-refractivity contribution in [2.24, 2.45) is 16.8 Å². The molecule has 2 unspecified atom stereocenters. The zero-order valence-corrected chi connectivity index (χ0v) is 12.7. The molecule has 2 rings (SSSR count). The van der Waals surface area contributed by atoms with Gasteiger partial charge >= 0.3 is 0 Å². The Labute approximate surface area is 122 Å². The molecular weight excluding hydrogens is 250 g/mol. The Bertz CT molecular complexity index is 400. The van der Waals surface area contributed by atoms with E-state index in [2.05, 4.69) is 22.5 Å². The molecule has 2 N–H and O–H groups in total. The van der Waals surface area contributed by atoms with E-state index >= 15 is 0 Å². The average molecular weight is 277 g/mol. The predicted octanol–water partition coefficient (Wildman–Crippen LogP) is 2.81. The Hall–Kier alpha value is -1.45. The number of nitrogens with one attached hydrogen (secondary N) is 2. The molecule has 1 aromatic heterocycles. The van der Waals surface area contributed by atoms with E-state index in [1.54, 1.807) is 6.26 Å². The fraction of sp³-hybridized carbons (Fsp3) is 0.688. The van der Waals surface area contributed by atoms with Gasteiger partial charge in [0.25, 0.3) is 0 Å². The van der Waals surface area contributed by atoms with Gasteiger partial charge in [0.15, 0.2) is 5.96 Å². The van der Waals surface area contributed by atoms with Crippen molar-refractivity contribution in [3.63, 3.8) is 0 Å². The molecule has 0 saturated heterocycles. The van der Waals surface area contributed by atoms with Crippen molar-refractivity contribution in [1.82, 2.24) is 10.6 Å². The van der Waals surface area contributed by atoms with Crippen molar-refractivity contribution < 1.29 is 4.42 Å². The van der Waals surface area contributed by atoms with Gasteiger partial charge in [0.1, 0.15) is 5.76 Å². The van der Waals surface area contributed by atoms with Crippen LogP contribution in [0.3, 0.4) is 0 Å². The quantitative estimate of drug-likeness (QED) is 0.643. The summed E-state index contributed by atoms with van der Waals surface area (Å²) in [6.07, 6.45) is 8.06. The Morgan fingerprint density at radius 3 is 3.00 bits per heavy atom. The first-order valence-electron chi connectivity index (χ1n) is 7.75. The van der Waals surface area contributed by atoms with Crippen LogP contribution in [0.2, 0.25) is 0 Å². The summed E-state index contributed by atoms with van der Waals surface area (Å²) in [5, 5.41) is 6.79. The lowest BCUT2D eigenvalue weighted by Gasteiger charge is -2.27. The van der Waals surface area contributed by atoms with Gasteiger partial charge in [-0.25, -0.2) is 0 Å². The average Bonchev–Trinajstić information content (AvgIpc) is 2.96. The Balaban J connectivity index is 1.64. The molecule has 4 nitrogen and oxygen atoms in total. The fourth-order valence-electron chi connectivity index (χ4n) is 2.97. The second-order valence-electron chi connectivity index (χ2n) is 5.85. The number of hydrogen-bond acceptors (Lipinski definition) is 2. The smallest absolute Gasteiger partial charge is 0.190 e. The molecular formula is C16H27N3O. The molecule has 1 aliphatic carbocycles. The van der Waals surface area contributed by atoms with Crippen LogP contribution in [0, 0.1) is 11.8 Å². The summed E-state index contributed by atoms with van der Waals surface area (Å²) in [4.78, 5) is 4.27. The minimum absolute atomic E-state index is 0.794. The maximum Gasteiger partial charge on any atom is 0.190 e. The summed E-state index contributed by atoms with van der Waals surface area (Å²) >= 11 is 0. The molecule has 1 saturated carbocycles. The Morgan fingerprint density at radius 2 is 2.30 bits per heavy atom. The number of nitrogens with zero attached hydrogens (tertiary/aromatic N) is 1. The molecule has 0 amide bonds. The maximum atomic E-state index is 5.32. The third-order valence-electron chi connectivity index (χ3n) is 4.07. The minimum Gasteiger partial charge on any atom is -0.469 e. The molecule has 0 aliphatic heterocycles. The Morgan fingerprint density at radius 1 is 1.40 bits per heavy atom. The highest BCUT2D eigenvalue weighted by atomic mass is 16.3. The first kappa shape index (κ1) is 14.9. The van der Waals surface area contributed by atoms with Crippen molar-refractivity contribution in [1.29, 1.82) is 0 Å². The molecule has 0 aromatic carbocycles. The summed E-state index contributed by atoms with van der Waals surface area (Å²) in [6.45, 7) is 4.24. The molecule has 1 aromatic rings. The largest absolute Gasteiger partial charge is 0.469 e. The lowest BCUT2D eigenvalue weighted by Crippen LogP contribution is -2.41. The maximum absolute atomic E-state index is 5.32. The third kappa shape index (κ3) is 4.91. The monoisotopic (exact) mass is 277 g/mol. The van der Waals surface area contributed by atoms with Gasteiger partial charge in [0.05, 0.1) is 6.26 Å². The van der Waals surface area contributed by atoms with Gasteiger partial charge < -0.3 is 15.1 Å². The molecule has 1 fully saturated rings. The van der Waals surface area contributed by atoms with Crippen LogP contribution in [0.15, 0.2) is 27.8 Å². The molecule has 1 heterocycles. The van der Waals surface area contributed by atoms with Crippen molar-refractivity contribution in [2.75, 3.05) is 20.1 Å². The van der Waals surface area contributed by atoms with E-state index in [1.807, 2.05) is 19.2 Å². The van der Waals surface area contributed by atoms with Gasteiger partial charge in [0.2, 0.25) is 0 Å². The summed E-state index contributed by atoms with van der Waals surface area (Å²) in [5.41, 5.74) is 0. The zero-order chi connectivity index (χ0) is 14.2. The molecule has 0 radical (unpaired) electrons. The predicted molar refractivity (Wildman–Crippen MR) is 82.9 cm³/mol. The molecule has 2 atom stereocenters. The number of rotatable bonds is 5. The summed E-state index contributed by atoms with van der Waals surface area (Å²) in [7, 11) is 1.83. The molecule has 1 aliphatic rings. The number of furan rings is 1. The minimum atomic E-state index is 0.794. The highest BCUT2D eigenvalue weighted by Crippen LogP contribution is 2.27. The van der Waals surface area contributed by atoms with E-state index in [9.17, 15) is 0 Å². The number of aliphatic imine (C=N–C) groups is 1. The van der Waals surface area contributed by atoms with E-state index in [4.69, 9.17) is 4.42 Å². The highest BCUT2D eigenvalue weighted by molar-refractivity contribution is 5.79. The van der Waals surface area contributed by atoms with Gasteiger partial charge in [-0.1, -0.05) is 19.8 Å². The second-order valence-corrected chi connectivity index (χ2v) is 5.85. The molecule has 112 valence electrons. The van der Waals surface area contributed by atoms with Gasteiger partial charge in [0, 0.05) is 26.6 Å². The third-order valence-corrected chi connectivity index (χ3v) is 4.07. The van der Waals surface area contributed by atoms with Crippen LogP contribution in [0.5, 0.6) is 0 Å². The van der Waals surface area contributed by atoms with Crippen LogP contribution in [0.1, 0.15) is 38.4 Å². The van der Waals surface area contributed by atoms with Gasteiger partial charge in [-0.05, 0) is 36.8 Å². The van der Waals surface area contributed by atoms with E-state index in [0.717, 1.165) is 43.1 Å². The summed E-state index contributed by atoms with van der Waals surface area (Å²) < 4.78 is 5.32. The van der Waals surface area contributed by atoms with Crippen LogP contribution in [0.4, 0.5) is 0 Å². The van der Waals surface area contributed by atoms with Crippen molar-refractivity contribution >= 4 is 5.96 Å². The van der Waals surface area contributed by atoms with Crippen molar-refractivity contribution in [2.45, 2.75) is 39.0 Å². The van der Waals surface area contributed by atoms with Crippen LogP contribution in [-0.4, -0.2) is 26.1 Å². The van der Waals surface area contributed by atoms with E-state index < -0.39 is 0 Å². The van der Waals surface area contributed by atoms with E-state index in [0.29, 0.717) is 0 Å². The van der Waals surface area contributed by atoms with E-state index in [1.165, 1.54) is 25.7 Å². The lowest BCUT2D eigenvalue weighted by molar-refractivity contribution is 0.282. The van der Waals surface area contributed by atoms with E-state index in [-0.39, 0.29) is 0 Å². The fourth-order valence-corrected chi connectivity index (χ4v) is 2.97. The molecule has 0 spiro atoms. The number of hydrogen-bond donors (Lipinski definition) is 2. The summed E-state index contributed by atoms with van der Waals surface area (Å²) in [5.74, 6) is 3.58. The van der Waals surface area contributed by atoms with Gasteiger partial charge in [-0.15, -0.1) is 0 Å². The molecule has 20 heavy (non-hydrogen) atoms. The Kier molecular flexibility index (Phi) is 5.96. The summed E-state index contributed by atoms with van der Waals surface area (Å²) in [6, 6.07) is 3.92. The second kappa shape index (κ2) is 7.98. The zero-order valence-electron chi connectivity index (χ0n) is 12.7. The van der Waals surface area contributed by atoms with Gasteiger partial charge in [-0.2, -0.15) is 0 Å². The number of guanidine groups is 1. The normalized spacial score (nSPS) is 23.6. The SMILES string of the molecule is CN=C(NCCc1ccco1)NCC1CCCC(C)C1. The van der Waals surface area contributed by atoms with Crippen molar-refractivity contribution in [3.05, 3.63) is 24.2 Å². The molecule has 0 bridgehead atoms. The van der Waals surface area contributed by atoms with Crippen LogP contribution >= 0.6 is 0 Å².